The molecule has 0 aliphatic rings. The van der Waals surface area contributed by atoms with Gasteiger partial charge in [0.1, 0.15) is 11.5 Å². The first kappa shape index (κ1) is 10.5. The molecule has 0 radical (unpaired) electrons. The van der Waals surface area contributed by atoms with Crippen molar-refractivity contribution in [3.63, 3.8) is 0 Å². The smallest absolute Gasteiger partial charge is 0.241 e. The second-order valence-electron chi connectivity index (χ2n) is 3.71. The van der Waals surface area contributed by atoms with Gasteiger partial charge in [-0.05, 0) is 12.1 Å². The standard InChI is InChI=1S/C11H14N4O/c1-14(2)11(16)8-13-10-5-3-4-9-12-6-7-15(9)10/h3-7,13H,8H2,1-2H3. The summed E-state index contributed by atoms with van der Waals surface area (Å²) in [5.74, 6) is 0.905. The first-order valence-electron chi connectivity index (χ1n) is 5.04. The number of pyridine rings is 1. The van der Waals surface area contributed by atoms with E-state index in [1.165, 1.54) is 0 Å². The van der Waals surface area contributed by atoms with Gasteiger partial charge in [-0.25, -0.2) is 4.98 Å². The summed E-state index contributed by atoms with van der Waals surface area (Å²) in [4.78, 5) is 17.2. The lowest BCUT2D eigenvalue weighted by atomic mass is 10.4. The number of likely N-dealkylation sites (N-methyl/N-ethyl adjacent to an activating group) is 1. The Balaban J connectivity index is 2.15. The van der Waals surface area contributed by atoms with Gasteiger partial charge in [-0.15, -0.1) is 0 Å². The average Bonchev–Trinajstić information content (AvgIpc) is 2.73. The maximum atomic E-state index is 11.4. The van der Waals surface area contributed by atoms with Gasteiger partial charge in [0, 0.05) is 26.5 Å². The molecule has 16 heavy (non-hydrogen) atoms. The van der Waals surface area contributed by atoms with Gasteiger partial charge in [0.15, 0.2) is 0 Å². The predicted octanol–water partition coefficient (Wildman–Crippen LogP) is 0.834. The fraction of sp³-hybridized carbons (Fsp3) is 0.273. The molecule has 0 aliphatic carbocycles. The number of carbonyl (C=O) groups is 1. The average molecular weight is 218 g/mol. The quantitative estimate of drug-likeness (QED) is 0.830. The Hall–Kier alpha value is -2.04. The Morgan fingerprint density at radius 3 is 3.06 bits per heavy atom. The van der Waals surface area contributed by atoms with Crippen molar-refractivity contribution in [3.05, 3.63) is 30.6 Å². The van der Waals surface area contributed by atoms with E-state index >= 15 is 0 Å². The van der Waals surface area contributed by atoms with Gasteiger partial charge in [0.2, 0.25) is 5.91 Å². The second kappa shape index (κ2) is 4.22. The molecule has 5 heteroatoms. The van der Waals surface area contributed by atoms with E-state index in [0.29, 0.717) is 0 Å². The molecule has 2 aromatic heterocycles. The summed E-state index contributed by atoms with van der Waals surface area (Å²) in [6, 6.07) is 5.74. The molecule has 0 saturated heterocycles. The normalized spacial score (nSPS) is 10.4. The number of amides is 1. The molecule has 0 aromatic carbocycles. The molecule has 5 nitrogen and oxygen atoms in total. The zero-order chi connectivity index (χ0) is 11.5. The minimum Gasteiger partial charge on any atom is -0.362 e. The highest BCUT2D eigenvalue weighted by molar-refractivity contribution is 5.80. The maximum Gasteiger partial charge on any atom is 0.241 e. The third-order valence-corrected chi connectivity index (χ3v) is 2.35. The van der Waals surface area contributed by atoms with Crippen molar-refractivity contribution in [1.29, 1.82) is 0 Å². The number of carbonyl (C=O) groups excluding carboxylic acids is 1. The van der Waals surface area contributed by atoms with E-state index in [4.69, 9.17) is 0 Å². The summed E-state index contributed by atoms with van der Waals surface area (Å²) >= 11 is 0. The topological polar surface area (TPSA) is 49.6 Å². The molecule has 0 saturated carbocycles. The molecule has 0 aliphatic heterocycles. The van der Waals surface area contributed by atoms with Crippen molar-refractivity contribution < 1.29 is 4.79 Å². The zero-order valence-corrected chi connectivity index (χ0v) is 9.34. The van der Waals surface area contributed by atoms with Gasteiger partial charge in [-0.3, -0.25) is 9.20 Å². The van der Waals surface area contributed by atoms with E-state index in [1.54, 1.807) is 25.2 Å². The van der Waals surface area contributed by atoms with E-state index < -0.39 is 0 Å². The number of rotatable bonds is 3. The molecular formula is C11H14N4O. The monoisotopic (exact) mass is 218 g/mol. The van der Waals surface area contributed by atoms with Crippen LogP contribution in [0.4, 0.5) is 5.82 Å². The van der Waals surface area contributed by atoms with E-state index in [9.17, 15) is 4.79 Å². The van der Waals surface area contributed by atoms with Crippen molar-refractivity contribution in [1.82, 2.24) is 14.3 Å². The maximum absolute atomic E-state index is 11.4. The zero-order valence-electron chi connectivity index (χ0n) is 9.34. The van der Waals surface area contributed by atoms with E-state index in [1.807, 2.05) is 28.8 Å². The molecule has 2 aromatic rings. The molecule has 2 rings (SSSR count). The minimum atomic E-state index is 0.0390. The number of aromatic nitrogens is 2. The van der Waals surface area contributed by atoms with Gasteiger partial charge in [-0.2, -0.15) is 0 Å². The summed E-state index contributed by atoms with van der Waals surface area (Å²) in [5, 5.41) is 3.09. The van der Waals surface area contributed by atoms with Crippen LogP contribution in [0.15, 0.2) is 30.6 Å². The predicted molar refractivity (Wildman–Crippen MR) is 62.4 cm³/mol. The van der Waals surface area contributed by atoms with Crippen LogP contribution in [0.25, 0.3) is 5.65 Å². The second-order valence-corrected chi connectivity index (χ2v) is 3.71. The van der Waals surface area contributed by atoms with E-state index in [-0.39, 0.29) is 12.5 Å². The van der Waals surface area contributed by atoms with Crippen molar-refractivity contribution in [2.45, 2.75) is 0 Å². The molecule has 0 atom stereocenters. The molecule has 84 valence electrons. The third-order valence-electron chi connectivity index (χ3n) is 2.35. The summed E-state index contributed by atoms with van der Waals surface area (Å²) in [5.41, 5.74) is 0.863. The van der Waals surface area contributed by atoms with Gasteiger partial charge in [-0.1, -0.05) is 6.07 Å². The van der Waals surface area contributed by atoms with Crippen LogP contribution in [-0.2, 0) is 4.79 Å². The molecule has 1 amide bonds. The molecule has 0 spiro atoms. The summed E-state index contributed by atoms with van der Waals surface area (Å²) in [6.45, 7) is 0.282. The number of anilines is 1. The Morgan fingerprint density at radius 2 is 2.31 bits per heavy atom. The molecule has 1 N–H and O–H groups in total. The summed E-state index contributed by atoms with van der Waals surface area (Å²) < 4.78 is 1.91. The Morgan fingerprint density at radius 1 is 1.50 bits per heavy atom. The molecule has 0 bridgehead atoms. The minimum absolute atomic E-state index is 0.0390. The van der Waals surface area contributed by atoms with Crippen LogP contribution in [-0.4, -0.2) is 40.8 Å². The number of nitrogens with zero attached hydrogens (tertiary/aromatic N) is 3. The van der Waals surface area contributed by atoms with Crippen LogP contribution in [0.2, 0.25) is 0 Å². The molecule has 2 heterocycles. The lowest BCUT2D eigenvalue weighted by Gasteiger charge is -2.12. The van der Waals surface area contributed by atoms with Gasteiger partial charge in [0.25, 0.3) is 0 Å². The largest absolute Gasteiger partial charge is 0.362 e. The molecule has 0 unspecified atom stereocenters. The van der Waals surface area contributed by atoms with Crippen LogP contribution >= 0.6 is 0 Å². The van der Waals surface area contributed by atoms with Gasteiger partial charge >= 0.3 is 0 Å². The van der Waals surface area contributed by atoms with Gasteiger partial charge < -0.3 is 10.2 Å². The Bertz CT molecular complexity index is 503. The van der Waals surface area contributed by atoms with Crippen molar-refractivity contribution in [3.8, 4) is 0 Å². The number of fused-ring (bicyclic) bond motifs is 1. The summed E-state index contributed by atoms with van der Waals surface area (Å²) in [7, 11) is 3.48. The number of hydrogen-bond donors (Lipinski definition) is 1. The third kappa shape index (κ3) is 1.98. The van der Waals surface area contributed by atoms with Crippen LogP contribution in [0.3, 0.4) is 0 Å². The lowest BCUT2D eigenvalue weighted by Crippen LogP contribution is -2.29. The van der Waals surface area contributed by atoms with Crippen LogP contribution in [0, 0.1) is 0 Å². The highest BCUT2D eigenvalue weighted by Crippen LogP contribution is 2.10. The van der Waals surface area contributed by atoms with E-state index in [0.717, 1.165) is 11.5 Å². The van der Waals surface area contributed by atoms with Crippen molar-refractivity contribution in [2.75, 3.05) is 26.0 Å². The number of imidazole rings is 1. The Kier molecular flexibility index (Phi) is 2.76. The first-order valence-corrected chi connectivity index (χ1v) is 5.04. The fourth-order valence-corrected chi connectivity index (χ4v) is 1.42. The molecule has 0 fully saturated rings. The summed E-state index contributed by atoms with van der Waals surface area (Å²) in [6.07, 6.45) is 3.59. The van der Waals surface area contributed by atoms with Gasteiger partial charge in [0.05, 0.1) is 6.54 Å². The SMILES string of the molecule is CN(C)C(=O)CNc1cccc2nccn12. The fourth-order valence-electron chi connectivity index (χ4n) is 1.42. The number of nitrogens with one attached hydrogen (secondary N) is 1. The highest BCUT2D eigenvalue weighted by Gasteiger charge is 2.05. The van der Waals surface area contributed by atoms with E-state index in [2.05, 4.69) is 10.3 Å². The lowest BCUT2D eigenvalue weighted by molar-refractivity contribution is -0.126. The van der Waals surface area contributed by atoms with Crippen LogP contribution in [0.1, 0.15) is 0 Å². The van der Waals surface area contributed by atoms with Crippen molar-refractivity contribution in [2.24, 2.45) is 0 Å². The Labute approximate surface area is 93.7 Å². The first-order chi connectivity index (χ1) is 7.68. The van der Waals surface area contributed by atoms with Crippen molar-refractivity contribution >= 4 is 17.4 Å². The van der Waals surface area contributed by atoms with Crippen LogP contribution in [0.5, 0.6) is 0 Å². The number of hydrogen-bond acceptors (Lipinski definition) is 3. The molecular weight excluding hydrogens is 204 g/mol. The van der Waals surface area contributed by atoms with Crippen LogP contribution < -0.4 is 5.32 Å². The highest BCUT2D eigenvalue weighted by atomic mass is 16.2.